The molecule has 1 fully saturated rings. The van der Waals surface area contributed by atoms with Crippen LogP contribution in [0, 0.1) is 17.6 Å². The van der Waals surface area contributed by atoms with Gasteiger partial charge >= 0.3 is 0 Å². The van der Waals surface area contributed by atoms with E-state index in [1.54, 1.807) is 0 Å². The molecule has 3 rings (SSSR count). The molecule has 0 spiro atoms. The number of aromatic nitrogens is 2. The van der Waals surface area contributed by atoms with Gasteiger partial charge in [0, 0.05) is 11.6 Å². The first kappa shape index (κ1) is 22.7. The van der Waals surface area contributed by atoms with E-state index >= 15 is 0 Å². The van der Waals surface area contributed by atoms with Crippen LogP contribution in [0.25, 0.3) is 0 Å². The van der Waals surface area contributed by atoms with Crippen LogP contribution in [0.4, 0.5) is 8.78 Å². The molecule has 1 atom stereocenters. The highest BCUT2D eigenvalue weighted by Crippen LogP contribution is 2.37. The maximum Gasteiger partial charge on any atom is 0.212 e. The Morgan fingerprint density at radius 3 is 2.57 bits per heavy atom. The Labute approximate surface area is 172 Å². The van der Waals surface area contributed by atoms with Crippen molar-refractivity contribution < 1.29 is 13.5 Å². The second-order valence-electron chi connectivity index (χ2n) is 7.57. The minimum absolute atomic E-state index is 0. The molecule has 1 aliphatic carbocycles. The van der Waals surface area contributed by atoms with Gasteiger partial charge in [0.25, 0.3) is 0 Å². The van der Waals surface area contributed by atoms with Gasteiger partial charge in [0.1, 0.15) is 18.2 Å². The van der Waals surface area contributed by atoms with Crippen LogP contribution in [0.2, 0.25) is 0 Å². The Kier molecular flexibility index (Phi) is 8.74. The van der Waals surface area contributed by atoms with Crippen LogP contribution in [0.3, 0.4) is 0 Å². The third kappa shape index (κ3) is 5.47. The molecule has 3 nitrogen and oxygen atoms in total. The Morgan fingerprint density at radius 1 is 1.14 bits per heavy atom. The summed E-state index contributed by atoms with van der Waals surface area (Å²) in [6.45, 7) is 4.32. The standard InChI is InChI=1S/C22H30F2N2O.ClH/c1-3-8-19-14-22(27-15-17-13-18(23)11-12-20(17)24)26(25-19)21(4-2)16-9-6-5-7-10-16;/h11-14,16,21H,3-10,15H2,1-2H3;1H. The molecule has 1 unspecified atom stereocenters. The molecule has 1 aromatic carbocycles. The maximum atomic E-state index is 13.9. The van der Waals surface area contributed by atoms with Crippen molar-refractivity contribution >= 4 is 12.4 Å². The van der Waals surface area contributed by atoms with E-state index in [4.69, 9.17) is 9.84 Å². The summed E-state index contributed by atoms with van der Waals surface area (Å²) in [6, 6.07) is 5.72. The second kappa shape index (κ2) is 10.8. The van der Waals surface area contributed by atoms with Gasteiger partial charge in [0.05, 0.1) is 11.7 Å². The SMILES string of the molecule is CCCc1cc(OCc2cc(F)ccc2F)n(C(CC)C2CCCCC2)n1.Cl. The van der Waals surface area contributed by atoms with E-state index in [9.17, 15) is 8.78 Å². The Hall–Kier alpha value is -1.62. The lowest BCUT2D eigenvalue weighted by molar-refractivity contribution is 0.193. The van der Waals surface area contributed by atoms with Gasteiger partial charge in [-0.05, 0) is 49.8 Å². The quantitative estimate of drug-likeness (QED) is 0.485. The van der Waals surface area contributed by atoms with E-state index in [0.29, 0.717) is 17.8 Å². The molecule has 1 aliphatic rings. The highest BCUT2D eigenvalue weighted by Gasteiger charge is 2.27. The molecule has 0 N–H and O–H groups in total. The van der Waals surface area contributed by atoms with Gasteiger partial charge in [-0.25, -0.2) is 13.5 Å². The molecule has 0 radical (unpaired) electrons. The third-order valence-electron chi connectivity index (χ3n) is 5.57. The lowest BCUT2D eigenvalue weighted by atomic mass is 9.83. The van der Waals surface area contributed by atoms with Crippen molar-refractivity contribution in [3.05, 3.63) is 47.2 Å². The lowest BCUT2D eigenvalue weighted by Gasteiger charge is -2.30. The van der Waals surface area contributed by atoms with Gasteiger partial charge in [0.15, 0.2) is 0 Å². The summed E-state index contributed by atoms with van der Waals surface area (Å²) in [5.74, 6) is 0.366. The zero-order valence-electron chi connectivity index (χ0n) is 16.8. The average Bonchev–Trinajstić information content (AvgIpc) is 3.07. The molecule has 6 heteroatoms. The monoisotopic (exact) mass is 412 g/mol. The Bertz CT molecular complexity index is 744. The molecule has 0 amide bonds. The molecule has 28 heavy (non-hydrogen) atoms. The van der Waals surface area contributed by atoms with Crippen molar-refractivity contribution in [3.8, 4) is 5.88 Å². The molecule has 1 aromatic heterocycles. The minimum Gasteiger partial charge on any atom is -0.473 e. The fraction of sp³-hybridized carbons (Fsp3) is 0.591. The van der Waals surface area contributed by atoms with Crippen LogP contribution in [-0.4, -0.2) is 9.78 Å². The van der Waals surface area contributed by atoms with E-state index in [1.165, 1.54) is 38.2 Å². The highest BCUT2D eigenvalue weighted by molar-refractivity contribution is 5.85. The Morgan fingerprint density at radius 2 is 1.89 bits per heavy atom. The first-order chi connectivity index (χ1) is 13.1. The molecular formula is C22H31ClF2N2O. The van der Waals surface area contributed by atoms with Gasteiger partial charge in [0.2, 0.25) is 5.88 Å². The fourth-order valence-electron chi connectivity index (χ4n) is 4.18. The molecule has 0 saturated heterocycles. The van der Waals surface area contributed by atoms with Crippen molar-refractivity contribution in [2.24, 2.45) is 5.92 Å². The second-order valence-corrected chi connectivity index (χ2v) is 7.57. The summed E-state index contributed by atoms with van der Waals surface area (Å²) in [5.41, 5.74) is 1.23. The number of hydrogen-bond acceptors (Lipinski definition) is 2. The van der Waals surface area contributed by atoms with E-state index in [1.807, 2.05) is 10.7 Å². The smallest absolute Gasteiger partial charge is 0.212 e. The van der Waals surface area contributed by atoms with E-state index in [0.717, 1.165) is 37.1 Å². The molecule has 156 valence electrons. The van der Waals surface area contributed by atoms with Crippen molar-refractivity contribution in [1.82, 2.24) is 9.78 Å². The summed E-state index contributed by atoms with van der Waals surface area (Å²) in [4.78, 5) is 0. The van der Waals surface area contributed by atoms with Gasteiger partial charge in [-0.15, -0.1) is 12.4 Å². The molecule has 1 heterocycles. The van der Waals surface area contributed by atoms with Crippen molar-refractivity contribution in [3.63, 3.8) is 0 Å². The van der Waals surface area contributed by atoms with Crippen molar-refractivity contribution in [2.75, 3.05) is 0 Å². The van der Waals surface area contributed by atoms with Crippen LogP contribution in [0.15, 0.2) is 24.3 Å². The zero-order chi connectivity index (χ0) is 19.2. The summed E-state index contributed by atoms with van der Waals surface area (Å²) in [7, 11) is 0. The van der Waals surface area contributed by atoms with Gasteiger partial charge in [-0.1, -0.05) is 39.5 Å². The molecule has 1 saturated carbocycles. The summed E-state index contributed by atoms with van der Waals surface area (Å²) in [5, 5.41) is 4.82. The number of ether oxygens (including phenoxy) is 1. The van der Waals surface area contributed by atoms with Crippen LogP contribution in [-0.2, 0) is 13.0 Å². The number of aryl methyl sites for hydroxylation is 1. The van der Waals surface area contributed by atoms with Gasteiger partial charge in [-0.2, -0.15) is 5.10 Å². The molecule has 0 aliphatic heterocycles. The summed E-state index contributed by atoms with van der Waals surface area (Å²) < 4.78 is 35.4. The molecule has 0 bridgehead atoms. The summed E-state index contributed by atoms with van der Waals surface area (Å²) >= 11 is 0. The molecular weight excluding hydrogens is 382 g/mol. The highest BCUT2D eigenvalue weighted by atomic mass is 35.5. The van der Waals surface area contributed by atoms with Gasteiger partial charge in [-0.3, -0.25) is 0 Å². The van der Waals surface area contributed by atoms with Crippen LogP contribution >= 0.6 is 12.4 Å². The first-order valence-corrected chi connectivity index (χ1v) is 10.3. The average molecular weight is 413 g/mol. The third-order valence-corrected chi connectivity index (χ3v) is 5.57. The number of rotatable bonds is 8. The maximum absolute atomic E-state index is 13.9. The summed E-state index contributed by atoms with van der Waals surface area (Å²) in [6.07, 6.45) is 9.19. The number of benzene rings is 1. The van der Waals surface area contributed by atoms with Crippen LogP contribution in [0.5, 0.6) is 5.88 Å². The van der Waals surface area contributed by atoms with E-state index < -0.39 is 11.6 Å². The zero-order valence-corrected chi connectivity index (χ0v) is 17.6. The largest absolute Gasteiger partial charge is 0.473 e. The first-order valence-electron chi connectivity index (χ1n) is 10.3. The van der Waals surface area contributed by atoms with Crippen LogP contribution < -0.4 is 4.74 Å². The molecule has 2 aromatic rings. The van der Waals surface area contributed by atoms with Crippen LogP contribution in [0.1, 0.15) is 76.1 Å². The number of nitrogens with zero attached hydrogens (tertiary/aromatic N) is 2. The minimum atomic E-state index is -0.455. The number of halogens is 3. The van der Waals surface area contributed by atoms with E-state index in [-0.39, 0.29) is 24.6 Å². The van der Waals surface area contributed by atoms with Crippen molar-refractivity contribution in [2.45, 2.75) is 77.9 Å². The number of hydrogen-bond donors (Lipinski definition) is 0. The van der Waals surface area contributed by atoms with E-state index in [2.05, 4.69) is 13.8 Å². The predicted octanol–water partition coefficient (Wildman–Crippen LogP) is 6.65. The lowest BCUT2D eigenvalue weighted by Crippen LogP contribution is -2.23. The Balaban J connectivity index is 0.00000280. The van der Waals surface area contributed by atoms with Gasteiger partial charge < -0.3 is 4.74 Å². The topological polar surface area (TPSA) is 27.1 Å². The predicted molar refractivity (Wildman–Crippen MR) is 110 cm³/mol. The van der Waals surface area contributed by atoms with Crippen molar-refractivity contribution in [1.29, 1.82) is 0 Å². The normalized spacial score (nSPS) is 15.9. The fourth-order valence-corrected chi connectivity index (χ4v) is 4.18.